The van der Waals surface area contributed by atoms with E-state index < -0.39 is 26.7 Å². The van der Waals surface area contributed by atoms with Crippen LogP contribution in [0.2, 0.25) is 10.0 Å². The number of methoxy groups -OCH3 is 1. The van der Waals surface area contributed by atoms with E-state index in [1.807, 2.05) is 0 Å². The van der Waals surface area contributed by atoms with Gasteiger partial charge < -0.3 is 15.2 Å². The summed E-state index contributed by atoms with van der Waals surface area (Å²) < 4.78 is 38.0. The zero-order chi connectivity index (χ0) is 26.9. The molecule has 0 aliphatic carbocycles. The summed E-state index contributed by atoms with van der Waals surface area (Å²) >= 11 is 12.3. The first kappa shape index (κ1) is 29.9. The number of amides is 1. The smallest absolute Gasteiger partial charge is 0.870 e. The third-order valence-corrected chi connectivity index (χ3v) is 6.88. The van der Waals surface area contributed by atoms with E-state index in [9.17, 15) is 22.9 Å². The first-order chi connectivity index (χ1) is 17.5. The standard InChI is InChI=1S/C25H19Cl2N3O6S.Na/c1-13-7-20(27)21(12-22(13)37(33,34)35)29-30-23-18-6-4-3-5-14(18)8-19(24(23)31)25(32)28-16-9-15(26)10-17(11-16)36-2;/h3-12,31H,1-2H3,(H,28,32)(H,33,34,35);/q;+1/p-1. The molecule has 0 aliphatic rings. The summed E-state index contributed by atoms with van der Waals surface area (Å²) in [6, 6.07) is 15.1. The van der Waals surface area contributed by atoms with E-state index in [1.54, 1.807) is 36.4 Å². The number of aryl methyl sites for hydroxylation is 1. The number of hydrogen-bond donors (Lipinski definition) is 2. The second kappa shape index (κ2) is 12.0. The minimum atomic E-state index is -4.55. The Morgan fingerprint density at radius 3 is 2.45 bits per heavy atom. The number of azo groups is 1. The van der Waals surface area contributed by atoms with Crippen LogP contribution < -0.4 is 44.7 Å². The number of benzene rings is 4. The van der Waals surface area contributed by atoms with Crippen molar-refractivity contribution in [2.75, 3.05) is 12.4 Å². The van der Waals surface area contributed by atoms with Gasteiger partial charge in [-0.15, -0.1) is 5.11 Å². The number of nitrogens with zero attached hydrogens (tertiary/aromatic N) is 2. The summed E-state index contributed by atoms with van der Waals surface area (Å²) in [5, 5.41) is 25.3. The fourth-order valence-corrected chi connectivity index (χ4v) is 4.84. The normalized spacial score (nSPS) is 11.4. The molecule has 0 radical (unpaired) electrons. The zero-order valence-electron chi connectivity index (χ0n) is 20.3. The van der Waals surface area contributed by atoms with Gasteiger partial charge in [-0.1, -0.05) is 53.2 Å². The molecule has 4 aromatic carbocycles. The fourth-order valence-electron chi connectivity index (χ4n) is 3.63. The van der Waals surface area contributed by atoms with Crippen molar-refractivity contribution in [3.63, 3.8) is 0 Å². The van der Waals surface area contributed by atoms with Gasteiger partial charge in [-0.25, -0.2) is 0 Å². The van der Waals surface area contributed by atoms with Gasteiger partial charge in [0.1, 0.15) is 11.4 Å². The molecule has 0 unspecified atom stereocenters. The van der Waals surface area contributed by atoms with Crippen LogP contribution in [0.1, 0.15) is 15.9 Å². The zero-order valence-corrected chi connectivity index (χ0v) is 24.6. The molecule has 0 aromatic heterocycles. The Hall–Kier alpha value is -2.70. The van der Waals surface area contributed by atoms with Crippen molar-refractivity contribution in [3.8, 4) is 11.5 Å². The maximum absolute atomic E-state index is 13.4. The van der Waals surface area contributed by atoms with Crippen LogP contribution in [0.3, 0.4) is 0 Å². The number of carbonyl (C=O) groups is 1. The number of halogens is 2. The molecule has 0 fully saturated rings. The maximum atomic E-state index is 13.4. The molecule has 9 nitrogen and oxygen atoms in total. The average Bonchev–Trinajstić information content (AvgIpc) is 2.82. The number of fused-ring (bicyclic) bond motifs is 1. The van der Waals surface area contributed by atoms with E-state index in [0.717, 1.165) is 6.07 Å². The Bertz CT molecular complexity index is 1700. The van der Waals surface area contributed by atoms with E-state index >= 15 is 0 Å². The maximum Gasteiger partial charge on any atom is 1.00 e. The predicted octanol–water partition coefficient (Wildman–Crippen LogP) is 3.46. The number of anilines is 1. The van der Waals surface area contributed by atoms with Gasteiger partial charge in [-0.2, -0.15) is 13.5 Å². The van der Waals surface area contributed by atoms with Crippen molar-refractivity contribution in [3.05, 3.63) is 81.8 Å². The van der Waals surface area contributed by atoms with E-state index in [4.69, 9.17) is 27.9 Å². The molecule has 38 heavy (non-hydrogen) atoms. The molecule has 0 saturated carbocycles. The molecule has 0 heterocycles. The molecular formula is C25H18Cl2N3NaO6S. The van der Waals surface area contributed by atoms with Crippen LogP contribution in [-0.4, -0.2) is 26.0 Å². The number of hydrogen-bond acceptors (Lipinski definition) is 7. The number of ether oxygens (including phenoxy) is 1. The molecule has 190 valence electrons. The summed E-state index contributed by atoms with van der Waals surface area (Å²) in [5.41, 5.74) is 0.0634. The molecule has 0 aliphatic heterocycles. The van der Waals surface area contributed by atoms with Gasteiger partial charge in [0.2, 0.25) is 0 Å². The van der Waals surface area contributed by atoms with Crippen LogP contribution in [0, 0.1) is 6.92 Å². The Morgan fingerprint density at radius 2 is 1.76 bits per heavy atom. The minimum Gasteiger partial charge on any atom is -0.870 e. The first-order valence-corrected chi connectivity index (χ1v) is 12.8. The summed E-state index contributed by atoms with van der Waals surface area (Å²) in [4.78, 5) is 12.7. The van der Waals surface area contributed by atoms with Crippen molar-refractivity contribution in [1.29, 1.82) is 0 Å². The number of rotatable bonds is 6. The van der Waals surface area contributed by atoms with Gasteiger partial charge in [-0.05, 0) is 48.2 Å². The minimum absolute atomic E-state index is 0. The van der Waals surface area contributed by atoms with Gasteiger partial charge >= 0.3 is 29.6 Å². The summed E-state index contributed by atoms with van der Waals surface area (Å²) in [6.07, 6.45) is 0. The van der Waals surface area contributed by atoms with Gasteiger partial charge in [0.25, 0.3) is 16.0 Å². The van der Waals surface area contributed by atoms with Crippen LogP contribution in [0.4, 0.5) is 17.1 Å². The van der Waals surface area contributed by atoms with Crippen LogP contribution in [0.25, 0.3) is 10.8 Å². The topological polar surface area (TPSA) is 140 Å². The molecule has 0 atom stereocenters. The molecule has 4 rings (SSSR count). The molecule has 0 spiro atoms. The second-order valence-electron chi connectivity index (χ2n) is 7.90. The van der Waals surface area contributed by atoms with Gasteiger partial charge in [-0.3, -0.25) is 9.35 Å². The largest absolute Gasteiger partial charge is 1.00 e. The Morgan fingerprint density at radius 1 is 1.05 bits per heavy atom. The van der Waals surface area contributed by atoms with Crippen LogP contribution in [0.15, 0.2) is 75.8 Å². The quantitative estimate of drug-likeness (QED) is 0.203. The molecule has 13 heteroatoms. The predicted molar refractivity (Wildman–Crippen MR) is 140 cm³/mol. The van der Waals surface area contributed by atoms with Gasteiger partial charge in [0, 0.05) is 27.7 Å². The van der Waals surface area contributed by atoms with Crippen LogP contribution in [-0.2, 0) is 10.1 Å². The molecule has 0 saturated heterocycles. The molecule has 4 aromatic rings. The van der Waals surface area contributed by atoms with E-state index in [1.165, 1.54) is 32.2 Å². The van der Waals surface area contributed by atoms with Crippen molar-refractivity contribution in [2.24, 2.45) is 10.2 Å². The van der Waals surface area contributed by atoms with Crippen molar-refractivity contribution in [1.82, 2.24) is 0 Å². The summed E-state index contributed by atoms with van der Waals surface area (Å²) in [6.45, 7) is 1.46. The third-order valence-electron chi connectivity index (χ3n) is 5.36. The summed E-state index contributed by atoms with van der Waals surface area (Å²) in [7, 11) is -3.10. The van der Waals surface area contributed by atoms with Gasteiger partial charge in [0.05, 0.1) is 22.7 Å². The van der Waals surface area contributed by atoms with Gasteiger partial charge in [0.15, 0.2) is 0 Å². The number of carbonyl (C=O) groups excluding carboxylic acids is 1. The monoisotopic (exact) mass is 581 g/mol. The van der Waals surface area contributed by atoms with Crippen LogP contribution >= 0.6 is 23.2 Å². The SMILES string of the molecule is COc1cc(Cl)cc(NC(=O)c2cc3ccccc3c(N=Nc3cc(S(=O)(=O)O)c(C)cc3Cl)c2[O-])c1.[Na+]. The molecule has 1 amide bonds. The summed E-state index contributed by atoms with van der Waals surface area (Å²) in [5.74, 6) is -1.01. The molecular weight excluding hydrogens is 564 g/mol. The Labute approximate surface area is 250 Å². The molecule has 2 N–H and O–H groups in total. The van der Waals surface area contributed by atoms with E-state index in [2.05, 4.69) is 15.5 Å². The second-order valence-corrected chi connectivity index (χ2v) is 10.1. The van der Waals surface area contributed by atoms with Crippen LogP contribution in [0.5, 0.6) is 11.5 Å². The Balaban J connectivity index is 0.00000400. The van der Waals surface area contributed by atoms with E-state index in [-0.39, 0.29) is 57.1 Å². The molecule has 0 bridgehead atoms. The van der Waals surface area contributed by atoms with Crippen molar-refractivity contribution >= 4 is 67.1 Å². The first-order valence-electron chi connectivity index (χ1n) is 10.6. The van der Waals surface area contributed by atoms with Crippen molar-refractivity contribution in [2.45, 2.75) is 11.8 Å². The average molecular weight is 582 g/mol. The van der Waals surface area contributed by atoms with E-state index in [0.29, 0.717) is 27.2 Å². The fraction of sp³-hybridized carbons (Fsp3) is 0.0800. The Kier molecular flexibility index (Phi) is 9.43. The third kappa shape index (κ3) is 6.47. The number of nitrogens with one attached hydrogen (secondary N) is 1. The van der Waals surface area contributed by atoms with Crippen molar-refractivity contribution < 1.29 is 57.2 Å².